The Morgan fingerprint density at radius 3 is 1.50 bits per heavy atom. The summed E-state index contributed by atoms with van der Waals surface area (Å²) in [5, 5.41) is 0. The van der Waals surface area contributed by atoms with Crippen molar-refractivity contribution < 1.29 is 52.8 Å². The summed E-state index contributed by atoms with van der Waals surface area (Å²) in [6.07, 6.45) is 0. The first kappa shape index (κ1) is 6.18. The Morgan fingerprint density at radius 2 is 1.50 bits per heavy atom. The van der Waals surface area contributed by atoms with Crippen molar-refractivity contribution in [2.75, 3.05) is 0 Å². The van der Waals surface area contributed by atoms with E-state index in [-0.39, 0.29) is 0 Å². The molecule has 0 aromatic rings. The summed E-state index contributed by atoms with van der Waals surface area (Å²) in [6.45, 7) is 0. The number of hydrogen-bond donors (Lipinski definition) is 1. The zero-order valence-corrected chi connectivity index (χ0v) is 14.2. The fourth-order valence-corrected chi connectivity index (χ4v) is 0. The molecule has 0 spiro atoms. The second kappa shape index (κ2) is 3.37. The Labute approximate surface area is 64.5 Å². The van der Waals surface area contributed by atoms with E-state index in [0.717, 1.165) is 52.8 Å². The van der Waals surface area contributed by atoms with Crippen LogP contribution in [0.4, 0.5) is 0 Å². The van der Waals surface area contributed by atoms with Gasteiger partial charge in [-0.3, -0.25) is 0 Å². The van der Waals surface area contributed by atoms with Crippen LogP contribution in [-0.4, -0.2) is -0.167 Å². The first-order valence-corrected chi connectivity index (χ1v) is 6.15. The van der Waals surface area contributed by atoms with Gasteiger partial charge in [-0.25, -0.2) is 0 Å². The van der Waals surface area contributed by atoms with Crippen LogP contribution in [0.2, 0.25) is 0 Å². The van der Waals surface area contributed by atoms with Crippen molar-refractivity contribution in [1.29, 1.82) is 0 Å². The molecule has 0 saturated carbocycles. The van der Waals surface area contributed by atoms with Crippen molar-refractivity contribution in [3.05, 3.63) is 0 Å². The molecule has 0 unspecified atom stereocenters. The topological polar surface area (TPSA) is 3.24 Å². The summed E-state index contributed by atoms with van der Waals surface area (Å²) < 4.78 is 2.08. The van der Waals surface area contributed by atoms with E-state index in [1.165, 1.54) is 0 Å². The van der Waals surface area contributed by atoms with Crippen LogP contribution in [0.3, 0.4) is 0 Å². The van der Waals surface area contributed by atoms with Crippen LogP contribution in [0.5, 0.6) is 0 Å². The van der Waals surface area contributed by atoms with E-state index < -0.39 is 0 Å². The van der Waals surface area contributed by atoms with E-state index in [2.05, 4.69) is 12.6 Å². The van der Waals surface area contributed by atoms with Crippen LogP contribution in [0.25, 0.3) is 0 Å². The summed E-state index contributed by atoms with van der Waals surface area (Å²) in [6, 6.07) is 0. The number of hydrogen-bond acceptors (Lipinski definition) is 2. The van der Waals surface area contributed by atoms with E-state index in [4.69, 9.17) is 0 Å². The van der Waals surface area contributed by atoms with Gasteiger partial charge < -0.3 is 0 Å². The van der Waals surface area contributed by atoms with Crippen molar-refractivity contribution >= 4 is 12.8 Å². The van der Waals surface area contributed by atoms with Gasteiger partial charge in [-0.1, -0.05) is 0 Å². The Hall–Kier alpha value is 2.18. The van der Waals surface area contributed by atoms with Gasteiger partial charge in [-0.2, -0.15) is 0 Å². The molecule has 0 heterocycles. The molecule has 0 aliphatic carbocycles. The quantitative estimate of drug-likeness (QED) is 0.406. The number of nitrogens with zero attached hydrogens (tertiary/aromatic N) is 1. The molecule has 0 amide bonds. The van der Waals surface area contributed by atoms with Crippen molar-refractivity contribution in [3.8, 4) is 0 Å². The molecule has 0 aliphatic rings. The van der Waals surface area contributed by atoms with Crippen LogP contribution in [0.1, 0.15) is 0 Å². The fourth-order valence-electron chi connectivity index (χ4n) is 0. The second-order valence-corrected chi connectivity index (χ2v) is 24.7. The number of thiol groups is 1. The molecule has 4 heavy (non-hydrogen) atoms. The van der Waals surface area contributed by atoms with Crippen LogP contribution in [0, 0.1) is 0 Å². The summed E-state index contributed by atoms with van der Waals surface area (Å²) >= 11 is 5.58. The molecule has 0 fully saturated rings. The minimum absolute atomic E-state index is 0.806. The standard InChI is InChI=1S/2Hg.HNS/c;;1-2/h;;2H. The normalized spacial score (nSPS) is 9.50. The summed E-state index contributed by atoms with van der Waals surface area (Å²) in [7, 11) is 0. The van der Waals surface area contributed by atoms with Gasteiger partial charge in [0.15, 0.2) is 0 Å². The van der Waals surface area contributed by atoms with Crippen molar-refractivity contribution in [2.24, 2.45) is 0 Å². The maximum absolute atomic E-state index is 3.97. The van der Waals surface area contributed by atoms with Gasteiger partial charge in [-0.05, 0) is 0 Å². The van der Waals surface area contributed by atoms with E-state index in [1.807, 2.05) is 0 Å². The fraction of sp³-hybridized carbons (Fsp3) is 0. The molecule has 16 valence electrons. The molecule has 1 nitrogen and oxygen atoms in total. The van der Waals surface area contributed by atoms with Gasteiger partial charge in [-0.15, -0.1) is 0 Å². The Balaban J connectivity index is 2.32. The second-order valence-electron chi connectivity index (χ2n) is 0.506. The summed E-state index contributed by atoms with van der Waals surface area (Å²) in [4.78, 5) is 0. The molecule has 0 saturated heterocycles. The molecule has 0 N–H and O–H groups in total. The summed E-state index contributed by atoms with van der Waals surface area (Å²) in [5.74, 6) is 0. The molecule has 0 radical (unpaired) electrons. The van der Waals surface area contributed by atoms with Gasteiger partial charge in [0.25, 0.3) is 0 Å². The van der Waals surface area contributed by atoms with E-state index >= 15 is 0 Å². The molecule has 0 aromatic heterocycles. The van der Waals surface area contributed by atoms with Crippen LogP contribution >= 0.6 is 12.8 Å². The Kier molecular flexibility index (Phi) is 5.21. The minimum atomic E-state index is 0.806. The van der Waals surface area contributed by atoms with Gasteiger partial charge in [0.2, 0.25) is 0 Å². The van der Waals surface area contributed by atoms with Crippen LogP contribution in [-0.2, 0) is 52.8 Å². The molecule has 0 bridgehead atoms. The predicted octanol–water partition coefficient (Wildman–Crippen LogP) is 0.0568. The monoisotopic (exact) mass is 451 g/mol. The third-order valence-electron chi connectivity index (χ3n) is 0. The maximum atomic E-state index is 3.97. The van der Waals surface area contributed by atoms with E-state index in [1.54, 1.807) is 0 Å². The van der Waals surface area contributed by atoms with Crippen LogP contribution in [0.15, 0.2) is 0 Å². The third kappa shape index (κ3) is 8.89. The van der Waals surface area contributed by atoms with Gasteiger partial charge in [0.05, 0.1) is 0 Å². The molecule has 0 rings (SSSR count). The van der Waals surface area contributed by atoms with Gasteiger partial charge >= 0.3 is 65.5 Å². The first-order chi connectivity index (χ1) is 1.73. The number of rotatable bonds is 0. The molecule has 0 aliphatic heterocycles. The molecule has 0 atom stereocenters. The molecular formula is HHg2NS. The van der Waals surface area contributed by atoms with Gasteiger partial charge in [0.1, 0.15) is 0 Å². The van der Waals surface area contributed by atoms with Crippen molar-refractivity contribution in [2.45, 2.75) is 0 Å². The Bertz CT molecular complexity index is 10.8. The van der Waals surface area contributed by atoms with E-state index in [0.29, 0.717) is 0 Å². The predicted molar refractivity (Wildman–Crippen MR) is 10.8 cm³/mol. The average Bonchev–Trinajstić information content (AvgIpc) is 0.811. The average molecular weight is 448 g/mol. The van der Waals surface area contributed by atoms with Crippen LogP contribution < -0.4 is 0 Å². The SMILES string of the molecule is S[N]([Hg])[Hg]. The van der Waals surface area contributed by atoms with Gasteiger partial charge in [0, 0.05) is 0 Å². The molecule has 4 heteroatoms. The van der Waals surface area contributed by atoms with E-state index in [9.17, 15) is 0 Å². The zero-order chi connectivity index (χ0) is 3.58. The zero-order valence-electron chi connectivity index (χ0n) is 2.31. The molecule has 0 aromatic carbocycles. The third-order valence-corrected chi connectivity index (χ3v) is 0. The van der Waals surface area contributed by atoms with Crippen molar-refractivity contribution in [3.63, 3.8) is 0 Å². The Morgan fingerprint density at radius 1 is 1.50 bits per heavy atom. The molecular weight excluding hydrogens is 447 g/mol. The van der Waals surface area contributed by atoms with Crippen molar-refractivity contribution in [1.82, 2.24) is -0.167 Å². The summed E-state index contributed by atoms with van der Waals surface area (Å²) in [5.41, 5.74) is 0. The first-order valence-electron chi connectivity index (χ1n) is 0.832.